The van der Waals surface area contributed by atoms with Gasteiger partial charge in [-0.1, -0.05) is 12.1 Å². The standard InChI is InChI=1S/C22H32N2O5/c1-27-16-22(26)24(19-8-12-29-13-9-19)18-6-10-23(11-7-18)21(25)15-17-4-3-5-20(14-17)28-2/h3-5,14,18-19H,6-13,15-16H2,1-2H3. The predicted octanol–water partition coefficient (Wildman–Crippen LogP) is 1.88. The summed E-state index contributed by atoms with van der Waals surface area (Å²) >= 11 is 0. The van der Waals surface area contributed by atoms with Crippen LogP contribution in [0.3, 0.4) is 0 Å². The van der Waals surface area contributed by atoms with Crippen molar-refractivity contribution in [3.8, 4) is 5.75 Å². The van der Waals surface area contributed by atoms with Gasteiger partial charge in [-0.05, 0) is 43.4 Å². The lowest BCUT2D eigenvalue weighted by Gasteiger charge is -2.43. The first-order valence-corrected chi connectivity index (χ1v) is 10.4. The van der Waals surface area contributed by atoms with Crippen LogP contribution in [-0.4, -0.2) is 80.8 Å². The lowest BCUT2D eigenvalue weighted by molar-refractivity contribution is -0.144. The third-order valence-corrected chi connectivity index (χ3v) is 5.84. The van der Waals surface area contributed by atoms with E-state index in [4.69, 9.17) is 14.2 Å². The summed E-state index contributed by atoms with van der Waals surface area (Å²) in [6.45, 7) is 2.84. The topological polar surface area (TPSA) is 68.3 Å². The van der Waals surface area contributed by atoms with Crippen LogP contribution >= 0.6 is 0 Å². The number of likely N-dealkylation sites (tertiary alicyclic amines) is 1. The van der Waals surface area contributed by atoms with Crippen LogP contribution in [0.1, 0.15) is 31.2 Å². The first kappa shape index (κ1) is 21.6. The molecule has 0 saturated carbocycles. The van der Waals surface area contributed by atoms with Gasteiger partial charge in [0.25, 0.3) is 0 Å². The van der Waals surface area contributed by atoms with Crippen molar-refractivity contribution >= 4 is 11.8 Å². The molecule has 0 aliphatic carbocycles. The van der Waals surface area contributed by atoms with Crippen LogP contribution in [0.5, 0.6) is 5.75 Å². The quantitative estimate of drug-likeness (QED) is 0.694. The SMILES string of the molecule is COCC(=O)N(C1CCOCC1)C1CCN(C(=O)Cc2cccc(OC)c2)CC1. The Balaban J connectivity index is 1.58. The zero-order valence-corrected chi connectivity index (χ0v) is 17.5. The van der Waals surface area contributed by atoms with E-state index in [-0.39, 0.29) is 30.5 Å². The van der Waals surface area contributed by atoms with Crippen molar-refractivity contribution in [1.29, 1.82) is 0 Å². The molecule has 160 valence electrons. The predicted molar refractivity (Wildman–Crippen MR) is 109 cm³/mol. The average molecular weight is 405 g/mol. The summed E-state index contributed by atoms with van der Waals surface area (Å²) in [5, 5.41) is 0. The molecule has 0 atom stereocenters. The summed E-state index contributed by atoms with van der Waals surface area (Å²) in [7, 11) is 3.18. The average Bonchev–Trinajstić information content (AvgIpc) is 2.75. The van der Waals surface area contributed by atoms with E-state index in [1.165, 1.54) is 0 Å². The third kappa shape index (κ3) is 5.70. The Bertz CT molecular complexity index is 682. The number of methoxy groups -OCH3 is 2. The molecule has 2 heterocycles. The molecule has 7 nitrogen and oxygen atoms in total. The van der Waals surface area contributed by atoms with Crippen molar-refractivity contribution in [2.45, 2.75) is 44.2 Å². The molecule has 2 amide bonds. The number of nitrogens with zero attached hydrogens (tertiary/aromatic N) is 2. The molecule has 0 aromatic heterocycles. The van der Waals surface area contributed by atoms with Gasteiger partial charge in [-0.2, -0.15) is 0 Å². The number of amides is 2. The van der Waals surface area contributed by atoms with E-state index in [0.717, 1.165) is 37.0 Å². The van der Waals surface area contributed by atoms with Gasteiger partial charge < -0.3 is 24.0 Å². The zero-order chi connectivity index (χ0) is 20.6. The van der Waals surface area contributed by atoms with Crippen molar-refractivity contribution in [1.82, 2.24) is 9.80 Å². The fourth-order valence-electron chi connectivity index (χ4n) is 4.33. The molecule has 1 aromatic carbocycles. The van der Waals surface area contributed by atoms with Gasteiger partial charge in [0.2, 0.25) is 11.8 Å². The van der Waals surface area contributed by atoms with Crippen LogP contribution in [0.2, 0.25) is 0 Å². The monoisotopic (exact) mass is 404 g/mol. The minimum atomic E-state index is 0.0422. The number of rotatable bonds is 7. The molecule has 0 unspecified atom stereocenters. The summed E-state index contributed by atoms with van der Waals surface area (Å²) < 4.78 is 15.8. The lowest BCUT2D eigenvalue weighted by atomic mass is 9.97. The van der Waals surface area contributed by atoms with Gasteiger partial charge in [0.05, 0.1) is 13.5 Å². The number of carbonyl (C=O) groups excluding carboxylic acids is 2. The maximum absolute atomic E-state index is 12.7. The van der Waals surface area contributed by atoms with E-state index in [1.807, 2.05) is 34.1 Å². The molecule has 0 spiro atoms. The molecule has 7 heteroatoms. The number of hydrogen-bond acceptors (Lipinski definition) is 5. The van der Waals surface area contributed by atoms with Crippen molar-refractivity contribution in [2.24, 2.45) is 0 Å². The van der Waals surface area contributed by atoms with Crippen LogP contribution in [0.25, 0.3) is 0 Å². The largest absolute Gasteiger partial charge is 0.497 e. The van der Waals surface area contributed by atoms with E-state index < -0.39 is 0 Å². The Morgan fingerprint density at radius 3 is 2.45 bits per heavy atom. The van der Waals surface area contributed by atoms with Gasteiger partial charge in [-0.15, -0.1) is 0 Å². The molecule has 0 N–H and O–H groups in total. The van der Waals surface area contributed by atoms with E-state index in [1.54, 1.807) is 14.2 Å². The van der Waals surface area contributed by atoms with Gasteiger partial charge in [0.15, 0.2) is 0 Å². The van der Waals surface area contributed by atoms with Crippen LogP contribution in [0, 0.1) is 0 Å². The highest BCUT2D eigenvalue weighted by Crippen LogP contribution is 2.25. The molecule has 0 bridgehead atoms. The van der Waals surface area contributed by atoms with Gasteiger partial charge in [-0.25, -0.2) is 0 Å². The summed E-state index contributed by atoms with van der Waals surface area (Å²) in [4.78, 5) is 29.4. The lowest BCUT2D eigenvalue weighted by Crippen LogP contribution is -2.54. The fourth-order valence-corrected chi connectivity index (χ4v) is 4.33. The second-order valence-electron chi connectivity index (χ2n) is 7.72. The van der Waals surface area contributed by atoms with Crippen molar-refractivity contribution in [2.75, 3.05) is 47.1 Å². The molecule has 2 aliphatic heterocycles. The molecule has 0 radical (unpaired) electrons. The second-order valence-corrected chi connectivity index (χ2v) is 7.72. The number of carbonyl (C=O) groups is 2. The molecule has 3 rings (SSSR count). The molecular weight excluding hydrogens is 372 g/mol. The van der Waals surface area contributed by atoms with Crippen molar-refractivity contribution in [3.05, 3.63) is 29.8 Å². The molecule has 2 saturated heterocycles. The molecule has 2 aliphatic rings. The van der Waals surface area contributed by atoms with Gasteiger partial charge in [0, 0.05) is 45.5 Å². The van der Waals surface area contributed by atoms with Crippen LogP contribution in [0.15, 0.2) is 24.3 Å². The summed E-state index contributed by atoms with van der Waals surface area (Å²) in [6, 6.07) is 7.99. The maximum atomic E-state index is 12.7. The highest BCUT2D eigenvalue weighted by molar-refractivity contribution is 5.79. The van der Waals surface area contributed by atoms with Gasteiger partial charge in [0.1, 0.15) is 12.4 Å². The Kier molecular flexibility index (Phi) is 7.89. The Morgan fingerprint density at radius 1 is 1.10 bits per heavy atom. The van der Waals surface area contributed by atoms with Crippen LogP contribution < -0.4 is 4.74 Å². The third-order valence-electron chi connectivity index (χ3n) is 5.84. The highest BCUT2D eigenvalue weighted by atomic mass is 16.5. The van der Waals surface area contributed by atoms with E-state index in [9.17, 15) is 9.59 Å². The summed E-state index contributed by atoms with van der Waals surface area (Å²) in [5.41, 5.74) is 0.954. The van der Waals surface area contributed by atoms with Crippen LogP contribution in [-0.2, 0) is 25.5 Å². The summed E-state index contributed by atoms with van der Waals surface area (Å²) in [6.07, 6.45) is 3.70. The fraction of sp³-hybridized carbons (Fsp3) is 0.636. The molecule has 29 heavy (non-hydrogen) atoms. The normalized spacial score (nSPS) is 18.5. The highest BCUT2D eigenvalue weighted by Gasteiger charge is 2.34. The zero-order valence-electron chi connectivity index (χ0n) is 17.5. The maximum Gasteiger partial charge on any atom is 0.249 e. The van der Waals surface area contributed by atoms with Gasteiger partial charge in [-0.3, -0.25) is 9.59 Å². The number of ether oxygens (including phenoxy) is 3. The minimum Gasteiger partial charge on any atom is -0.497 e. The number of benzene rings is 1. The molecular formula is C22H32N2O5. The first-order valence-electron chi connectivity index (χ1n) is 10.4. The Hall–Kier alpha value is -2.12. The molecule has 2 fully saturated rings. The van der Waals surface area contributed by atoms with Crippen LogP contribution in [0.4, 0.5) is 0 Å². The van der Waals surface area contributed by atoms with Crippen molar-refractivity contribution < 1.29 is 23.8 Å². The Morgan fingerprint density at radius 2 is 1.79 bits per heavy atom. The smallest absolute Gasteiger partial charge is 0.249 e. The number of hydrogen-bond donors (Lipinski definition) is 0. The summed E-state index contributed by atoms with van der Waals surface area (Å²) in [5.74, 6) is 0.927. The Labute approximate surface area is 172 Å². The first-order chi connectivity index (χ1) is 14.1. The second kappa shape index (κ2) is 10.6. The van der Waals surface area contributed by atoms with Gasteiger partial charge >= 0.3 is 0 Å². The van der Waals surface area contributed by atoms with E-state index in [0.29, 0.717) is 32.7 Å². The minimum absolute atomic E-state index is 0.0422. The van der Waals surface area contributed by atoms with E-state index in [2.05, 4.69) is 0 Å². The van der Waals surface area contributed by atoms with Crippen molar-refractivity contribution in [3.63, 3.8) is 0 Å². The molecule has 1 aromatic rings. The number of piperidine rings is 1. The van der Waals surface area contributed by atoms with E-state index >= 15 is 0 Å².